The molecule has 1 fully saturated rings. The van der Waals surface area contributed by atoms with Crippen molar-refractivity contribution in [3.63, 3.8) is 0 Å². The van der Waals surface area contributed by atoms with E-state index in [2.05, 4.69) is 38.0 Å². The summed E-state index contributed by atoms with van der Waals surface area (Å²) in [6.07, 6.45) is 5.51. The van der Waals surface area contributed by atoms with Gasteiger partial charge >= 0.3 is 0 Å². The summed E-state index contributed by atoms with van der Waals surface area (Å²) in [6, 6.07) is 1.62. The molecule has 0 radical (unpaired) electrons. The van der Waals surface area contributed by atoms with Crippen LogP contribution in [0.25, 0.3) is 0 Å². The van der Waals surface area contributed by atoms with Crippen molar-refractivity contribution in [2.45, 2.75) is 37.8 Å². The Kier molecular flexibility index (Phi) is 3.53. The van der Waals surface area contributed by atoms with Gasteiger partial charge in [-0.25, -0.2) is 0 Å². The molecule has 12 heavy (non-hydrogen) atoms. The number of nitrogens with zero attached hydrogens (tertiary/aromatic N) is 2. The zero-order valence-electron chi connectivity index (χ0n) is 8.88. The van der Waals surface area contributed by atoms with Crippen LogP contribution in [0.3, 0.4) is 0 Å². The lowest BCUT2D eigenvalue weighted by Crippen LogP contribution is -2.40. The molecule has 2 atom stereocenters. The Morgan fingerprint density at radius 2 is 1.25 bits per heavy atom. The molecule has 1 aliphatic carbocycles. The predicted octanol–water partition coefficient (Wildman–Crippen LogP) is 1.42. The summed E-state index contributed by atoms with van der Waals surface area (Å²) in [5.74, 6) is 0. The highest BCUT2D eigenvalue weighted by atomic mass is 15.1. The van der Waals surface area contributed by atoms with E-state index in [0.29, 0.717) is 0 Å². The second-order valence-electron chi connectivity index (χ2n) is 4.40. The van der Waals surface area contributed by atoms with Gasteiger partial charge in [0, 0.05) is 12.1 Å². The molecule has 1 rings (SSSR count). The fourth-order valence-corrected chi connectivity index (χ4v) is 2.08. The third-order valence-electron chi connectivity index (χ3n) is 3.08. The molecular formula is C10H22N2. The molecule has 72 valence electrons. The van der Waals surface area contributed by atoms with Gasteiger partial charge in [0.25, 0.3) is 0 Å². The molecule has 2 nitrogen and oxygen atoms in total. The number of hydrogen-bond acceptors (Lipinski definition) is 2. The minimum Gasteiger partial charge on any atom is -0.306 e. The first-order valence-corrected chi connectivity index (χ1v) is 4.94. The number of rotatable bonds is 2. The van der Waals surface area contributed by atoms with E-state index in [0.717, 1.165) is 12.1 Å². The summed E-state index contributed by atoms with van der Waals surface area (Å²) in [6.45, 7) is 0. The molecule has 0 amide bonds. The Balaban J connectivity index is 2.40. The molecular weight excluding hydrogens is 148 g/mol. The lowest BCUT2D eigenvalue weighted by molar-refractivity contribution is 0.145. The van der Waals surface area contributed by atoms with Crippen molar-refractivity contribution in [3.05, 3.63) is 0 Å². The lowest BCUT2D eigenvalue weighted by Gasteiger charge is -2.36. The van der Waals surface area contributed by atoms with Crippen molar-refractivity contribution in [2.24, 2.45) is 0 Å². The van der Waals surface area contributed by atoms with E-state index >= 15 is 0 Å². The van der Waals surface area contributed by atoms with Crippen LogP contribution >= 0.6 is 0 Å². The molecule has 0 aromatic heterocycles. The molecule has 0 bridgehead atoms. The first-order valence-electron chi connectivity index (χ1n) is 4.94. The Morgan fingerprint density at radius 3 is 1.58 bits per heavy atom. The highest BCUT2D eigenvalue weighted by Gasteiger charge is 2.24. The summed E-state index contributed by atoms with van der Waals surface area (Å²) < 4.78 is 0. The molecule has 1 aliphatic rings. The molecule has 0 unspecified atom stereocenters. The molecule has 0 spiro atoms. The van der Waals surface area contributed by atoms with E-state index in [-0.39, 0.29) is 0 Å². The molecule has 2 heteroatoms. The molecule has 0 aromatic rings. The van der Waals surface area contributed by atoms with Gasteiger partial charge < -0.3 is 9.80 Å². The molecule has 0 aliphatic heterocycles. The lowest BCUT2D eigenvalue weighted by atomic mass is 9.90. The maximum absolute atomic E-state index is 2.37. The average Bonchev–Trinajstić information content (AvgIpc) is 2.04. The second kappa shape index (κ2) is 4.24. The van der Waals surface area contributed by atoms with E-state index in [1.807, 2.05) is 0 Å². The van der Waals surface area contributed by atoms with E-state index < -0.39 is 0 Å². The largest absolute Gasteiger partial charge is 0.306 e. The zero-order valence-corrected chi connectivity index (χ0v) is 8.88. The van der Waals surface area contributed by atoms with Crippen LogP contribution in [-0.2, 0) is 0 Å². The van der Waals surface area contributed by atoms with Crippen LogP contribution in [0.5, 0.6) is 0 Å². The first kappa shape index (κ1) is 10.0. The fraction of sp³-hybridized carbons (Fsp3) is 1.00. The smallest absolute Gasteiger partial charge is 0.0104 e. The van der Waals surface area contributed by atoms with Crippen molar-refractivity contribution in [1.82, 2.24) is 9.80 Å². The molecule has 0 saturated heterocycles. The highest BCUT2D eigenvalue weighted by Crippen LogP contribution is 2.23. The third kappa shape index (κ3) is 2.46. The van der Waals surface area contributed by atoms with Gasteiger partial charge in [0.2, 0.25) is 0 Å². The Labute approximate surface area is 76.5 Å². The topological polar surface area (TPSA) is 6.48 Å². The van der Waals surface area contributed by atoms with E-state index in [1.54, 1.807) is 0 Å². The van der Waals surface area contributed by atoms with Crippen molar-refractivity contribution in [1.29, 1.82) is 0 Å². The van der Waals surface area contributed by atoms with Crippen molar-refractivity contribution in [3.8, 4) is 0 Å². The maximum atomic E-state index is 2.37. The van der Waals surface area contributed by atoms with Crippen molar-refractivity contribution < 1.29 is 0 Å². The van der Waals surface area contributed by atoms with Crippen LogP contribution in [0.4, 0.5) is 0 Å². The van der Waals surface area contributed by atoms with Crippen molar-refractivity contribution >= 4 is 0 Å². The molecule has 0 heterocycles. The highest BCUT2D eigenvalue weighted by molar-refractivity contribution is 4.81. The van der Waals surface area contributed by atoms with Crippen LogP contribution in [0.2, 0.25) is 0 Å². The monoisotopic (exact) mass is 170 g/mol. The van der Waals surface area contributed by atoms with Gasteiger partial charge in [0.1, 0.15) is 0 Å². The third-order valence-corrected chi connectivity index (χ3v) is 3.08. The van der Waals surface area contributed by atoms with E-state index in [4.69, 9.17) is 0 Å². The second-order valence-corrected chi connectivity index (χ2v) is 4.40. The van der Waals surface area contributed by atoms with Crippen LogP contribution in [0.1, 0.15) is 25.7 Å². The van der Waals surface area contributed by atoms with Crippen LogP contribution < -0.4 is 0 Å². The minimum atomic E-state index is 0.811. The quantitative estimate of drug-likeness (QED) is 0.618. The van der Waals surface area contributed by atoms with Crippen molar-refractivity contribution in [2.75, 3.05) is 28.2 Å². The molecule has 0 aromatic carbocycles. The summed E-state index contributed by atoms with van der Waals surface area (Å²) in [5.41, 5.74) is 0. The van der Waals surface area contributed by atoms with Crippen LogP contribution in [-0.4, -0.2) is 50.1 Å². The van der Waals surface area contributed by atoms with Gasteiger partial charge in [-0.05, 0) is 47.5 Å². The summed E-state index contributed by atoms with van der Waals surface area (Å²) in [7, 11) is 8.79. The first-order chi connectivity index (χ1) is 5.61. The summed E-state index contributed by atoms with van der Waals surface area (Å²) >= 11 is 0. The standard InChI is InChI=1S/C10H22N2/c1-11(2)9-6-5-7-10(8-9)12(3)4/h9-10H,5-8H2,1-4H3/t9-,10-/m1/s1. The van der Waals surface area contributed by atoms with Gasteiger partial charge in [-0.2, -0.15) is 0 Å². The van der Waals surface area contributed by atoms with Gasteiger partial charge in [-0.15, -0.1) is 0 Å². The normalized spacial score (nSPS) is 31.5. The Hall–Kier alpha value is -0.0800. The van der Waals surface area contributed by atoms with Gasteiger partial charge in [0.15, 0.2) is 0 Å². The van der Waals surface area contributed by atoms with Gasteiger partial charge in [-0.1, -0.05) is 6.42 Å². The summed E-state index contributed by atoms with van der Waals surface area (Å²) in [5, 5.41) is 0. The van der Waals surface area contributed by atoms with Crippen LogP contribution in [0, 0.1) is 0 Å². The average molecular weight is 170 g/mol. The summed E-state index contributed by atoms with van der Waals surface area (Å²) in [4.78, 5) is 4.74. The Bertz CT molecular complexity index is 118. The maximum Gasteiger partial charge on any atom is 0.0104 e. The van der Waals surface area contributed by atoms with Crippen LogP contribution in [0.15, 0.2) is 0 Å². The molecule has 1 saturated carbocycles. The van der Waals surface area contributed by atoms with E-state index in [9.17, 15) is 0 Å². The zero-order chi connectivity index (χ0) is 9.14. The fourth-order valence-electron chi connectivity index (χ4n) is 2.08. The number of hydrogen-bond donors (Lipinski definition) is 0. The van der Waals surface area contributed by atoms with Gasteiger partial charge in [-0.3, -0.25) is 0 Å². The molecule has 0 N–H and O–H groups in total. The van der Waals surface area contributed by atoms with Gasteiger partial charge in [0.05, 0.1) is 0 Å². The minimum absolute atomic E-state index is 0.811. The Morgan fingerprint density at radius 1 is 0.833 bits per heavy atom. The van der Waals surface area contributed by atoms with E-state index in [1.165, 1.54) is 25.7 Å². The SMILES string of the molecule is CN(C)[C@@H]1CCC[C@@H](N(C)C)C1. The predicted molar refractivity (Wildman–Crippen MR) is 53.4 cm³/mol.